The van der Waals surface area contributed by atoms with E-state index < -0.39 is 17.5 Å². The first-order valence-electron chi connectivity index (χ1n) is 9.79. The van der Waals surface area contributed by atoms with Crippen LogP contribution in [0.3, 0.4) is 0 Å². The molecule has 0 fully saturated rings. The number of phenolic OH excluding ortho intramolecular Hbond substituents is 2. The lowest BCUT2D eigenvalue weighted by Gasteiger charge is -2.33. The maximum atomic E-state index is 13.1. The Morgan fingerprint density at radius 1 is 0.806 bits per heavy atom. The lowest BCUT2D eigenvalue weighted by Crippen LogP contribution is -2.31. The molecule has 4 rings (SSSR count). The van der Waals surface area contributed by atoms with E-state index in [2.05, 4.69) is 0 Å². The van der Waals surface area contributed by atoms with Crippen molar-refractivity contribution in [1.82, 2.24) is 0 Å². The van der Waals surface area contributed by atoms with Gasteiger partial charge in [-0.2, -0.15) is 0 Å². The second-order valence-electron chi connectivity index (χ2n) is 8.01. The molecule has 1 heterocycles. The van der Waals surface area contributed by atoms with Crippen molar-refractivity contribution in [3.05, 3.63) is 92.5 Å². The number of carboxylic acids is 1. The van der Waals surface area contributed by atoms with Gasteiger partial charge in [0, 0.05) is 16.7 Å². The van der Waals surface area contributed by atoms with Crippen LogP contribution in [0.2, 0.25) is 0 Å². The number of aryl methyl sites for hydroxylation is 4. The Kier molecular flexibility index (Phi) is 4.54. The quantitative estimate of drug-likeness (QED) is 0.542. The minimum Gasteiger partial charge on any atom is -0.508 e. The average Bonchev–Trinajstić information content (AvgIpc) is 3.01. The molecule has 6 nitrogen and oxygen atoms in total. The van der Waals surface area contributed by atoms with Gasteiger partial charge in [0.25, 0.3) is 0 Å². The van der Waals surface area contributed by atoms with Crippen LogP contribution in [0.5, 0.6) is 11.5 Å². The average molecular weight is 418 g/mol. The number of carboxylic acid groups (broad SMARTS) is 1. The van der Waals surface area contributed by atoms with Crippen molar-refractivity contribution in [3.8, 4) is 11.5 Å². The highest BCUT2D eigenvalue weighted by Crippen LogP contribution is 2.51. The zero-order valence-corrected chi connectivity index (χ0v) is 17.6. The van der Waals surface area contributed by atoms with E-state index in [-0.39, 0.29) is 22.6 Å². The van der Waals surface area contributed by atoms with Crippen molar-refractivity contribution >= 4 is 11.9 Å². The van der Waals surface area contributed by atoms with Crippen molar-refractivity contribution < 1.29 is 29.6 Å². The molecule has 0 aliphatic carbocycles. The van der Waals surface area contributed by atoms with Gasteiger partial charge in [-0.3, -0.25) is 0 Å². The lowest BCUT2D eigenvalue weighted by atomic mass is 9.75. The molecule has 1 aliphatic heterocycles. The van der Waals surface area contributed by atoms with Gasteiger partial charge in [-0.15, -0.1) is 0 Å². The molecule has 0 bridgehead atoms. The summed E-state index contributed by atoms with van der Waals surface area (Å²) >= 11 is 0. The maximum absolute atomic E-state index is 13.1. The number of benzene rings is 3. The smallest absolute Gasteiger partial charge is 0.341 e. The number of aromatic hydroxyl groups is 2. The number of cyclic esters (lactones) is 1. The second-order valence-corrected chi connectivity index (χ2v) is 8.01. The molecule has 0 saturated heterocycles. The van der Waals surface area contributed by atoms with Gasteiger partial charge in [-0.25, -0.2) is 9.59 Å². The standard InChI is InChI=1S/C25H22O6/c1-12-10-20(26)14(3)8-18(12)25(19-9-15(4)21(27)11-13(19)2)17-7-5-6-16(23(28)29)22(17)24(30)31-25/h5-11,26-27H,1-4H3,(H,28,29). The minimum absolute atomic E-state index is 0.00487. The van der Waals surface area contributed by atoms with E-state index in [0.717, 1.165) is 0 Å². The molecule has 3 N–H and O–H groups in total. The number of hydrogen-bond acceptors (Lipinski definition) is 5. The summed E-state index contributed by atoms with van der Waals surface area (Å²) in [6, 6.07) is 11.4. The molecule has 0 aromatic heterocycles. The molecule has 3 aromatic carbocycles. The summed E-state index contributed by atoms with van der Waals surface area (Å²) in [5, 5.41) is 30.1. The van der Waals surface area contributed by atoms with Gasteiger partial charge in [0.1, 0.15) is 11.5 Å². The molecule has 31 heavy (non-hydrogen) atoms. The van der Waals surface area contributed by atoms with E-state index in [1.165, 1.54) is 6.07 Å². The van der Waals surface area contributed by atoms with Crippen LogP contribution in [0.15, 0.2) is 42.5 Å². The van der Waals surface area contributed by atoms with Crippen LogP contribution in [0.25, 0.3) is 0 Å². The topological polar surface area (TPSA) is 104 Å². The molecule has 0 amide bonds. The molecule has 1 aliphatic rings. The van der Waals surface area contributed by atoms with Gasteiger partial charge in [0.15, 0.2) is 5.60 Å². The van der Waals surface area contributed by atoms with Crippen LogP contribution in [0.4, 0.5) is 0 Å². The Morgan fingerprint density at radius 2 is 1.32 bits per heavy atom. The monoisotopic (exact) mass is 418 g/mol. The summed E-state index contributed by atoms with van der Waals surface area (Å²) in [6.07, 6.45) is 0. The van der Waals surface area contributed by atoms with Crippen molar-refractivity contribution in [2.75, 3.05) is 0 Å². The third kappa shape index (κ3) is 2.86. The van der Waals surface area contributed by atoms with Crippen LogP contribution in [-0.4, -0.2) is 27.3 Å². The van der Waals surface area contributed by atoms with E-state index in [1.807, 2.05) is 0 Å². The highest BCUT2D eigenvalue weighted by molar-refractivity contribution is 6.06. The summed E-state index contributed by atoms with van der Waals surface area (Å²) < 4.78 is 6.07. The Hall–Kier alpha value is -3.80. The third-order valence-corrected chi connectivity index (χ3v) is 5.97. The summed E-state index contributed by atoms with van der Waals surface area (Å²) in [5.74, 6) is -1.73. The van der Waals surface area contributed by atoms with Crippen molar-refractivity contribution in [3.63, 3.8) is 0 Å². The molecule has 3 aromatic rings. The van der Waals surface area contributed by atoms with E-state index in [1.54, 1.807) is 64.1 Å². The van der Waals surface area contributed by atoms with Crippen LogP contribution in [-0.2, 0) is 10.3 Å². The molecule has 0 unspecified atom stereocenters. The minimum atomic E-state index is -1.43. The van der Waals surface area contributed by atoms with Gasteiger partial charge in [0.05, 0.1) is 11.1 Å². The molecule has 6 heteroatoms. The lowest BCUT2D eigenvalue weighted by molar-refractivity contribution is 0.0245. The van der Waals surface area contributed by atoms with E-state index >= 15 is 0 Å². The summed E-state index contributed by atoms with van der Waals surface area (Å²) in [5.41, 5.74) is 2.62. The Balaban J connectivity index is 2.19. The van der Waals surface area contributed by atoms with Crippen molar-refractivity contribution in [2.24, 2.45) is 0 Å². The van der Waals surface area contributed by atoms with Crippen LogP contribution in [0, 0.1) is 27.7 Å². The van der Waals surface area contributed by atoms with E-state index in [4.69, 9.17) is 4.74 Å². The number of rotatable bonds is 3. The predicted octanol–water partition coefficient (Wildman–Crippen LogP) is 4.49. The second kappa shape index (κ2) is 6.87. The fourth-order valence-electron chi connectivity index (χ4n) is 4.39. The van der Waals surface area contributed by atoms with Gasteiger partial charge < -0.3 is 20.1 Å². The highest BCUT2D eigenvalue weighted by atomic mass is 16.6. The number of ether oxygens (including phenoxy) is 1. The van der Waals surface area contributed by atoms with Crippen molar-refractivity contribution in [2.45, 2.75) is 33.3 Å². The fourth-order valence-corrected chi connectivity index (χ4v) is 4.39. The van der Waals surface area contributed by atoms with Gasteiger partial charge >= 0.3 is 11.9 Å². The Morgan fingerprint density at radius 3 is 1.81 bits per heavy atom. The largest absolute Gasteiger partial charge is 0.508 e. The zero-order valence-electron chi connectivity index (χ0n) is 17.6. The first-order valence-corrected chi connectivity index (χ1v) is 9.79. The van der Waals surface area contributed by atoms with Crippen LogP contribution >= 0.6 is 0 Å². The fraction of sp³-hybridized carbons (Fsp3) is 0.200. The Bertz CT molecular complexity index is 1210. The number of carbonyl (C=O) groups is 2. The summed E-state index contributed by atoms with van der Waals surface area (Å²) in [4.78, 5) is 24.9. The predicted molar refractivity (Wildman–Crippen MR) is 114 cm³/mol. The SMILES string of the molecule is Cc1cc(C2(c3cc(C)c(O)cc3C)OC(=O)c3c(C(=O)O)cccc32)c(C)cc1O. The molecule has 0 radical (unpaired) electrons. The molecule has 0 spiro atoms. The first kappa shape index (κ1) is 20.5. The van der Waals surface area contributed by atoms with Crippen LogP contribution in [0.1, 0.15) is 59.7 Å². The summed E-state index contributed by atoms with van der Waals surface area (Å²) in [6.45, 7) is 7.08. The molecule has 0 atom stereocenters. The third-order valence-electron chi connectivity index (χ3n) is 5.97. The number of carbonyl (C=O) groups excluding carboxylic acids is 1. The molecular weight excluding hydrogens is 396 g/mol. The van der Waals surface area contributed by atoms with Gasteiger partial charge in [0.2, 0.25) is 0 Å². The highest BCUT2D eigenvalue weighted by Gasteiger charge is 2.51. The zero-order chi connectivity index (χ0) is 22.7. The summed E-state index contributed by atoms with van der Waals surface area (Å²) in [7, 11) is 0. The number of hydrogen-bond donors (Lipinski definition) is 3. The van der Waals surface area contributed by atoms with Gasteiger partial charge in [-0.1, -0.05) is 12.1 Å². The van der Waals surface area contributed by atoms with Crippen LogP contribution < -0.4 is 0 Å². The molecular formula is C25H22O6. The van der Waals surface area contributed by atoms with E-state index in [9.17, 15) is 24.9 Å². The number of phenols is 2. The molecule has 0 saturated carbocycles. The number of fused-ring (bicyclic) bond motifs is 1. The maximum Gasteiger partial charge on any atom is 0.341 e. The number of esters is 1. The number of aromatic carboxylic acids is 1. The van der Waals surface area contributed by atoms with Crippen molar-refractivity contribution in [1.29, 1.82) is 0 Å². The van der Waals surface area contributed by atoms with Gasteiger partial charge in [-0.05, 0) is 80.3 Å². The first-order chi connectivity index (χ1) is 14.6. The Labute approximate surface area is 179 Å². The molecule has 158 valence electrons. The normalized spacial score (nSPS) is 14.3. The van der Waals surface area contributed by atoms with E-state index in [0.29, 0.717) is 38.9 Å².